The quantitative estimate of drug-likeness (QED) is 0.203. The zero-order valence-electron chi connectivity index (χ0n) is 18.6. The largest absolute Gasteiger partial charge is 0.512 e. The van der Waals surface area contributed by atoms with Crippen LogP contribution < -0.4 is 8.85 Å². The molecule has 0 aliphatic rings. The first-order chi connectivity index (χ1) is 14.2. The van der Waals surface area contributed by atoms with E-state index < -0.39 is 8.56 Å². The lowest BCUT2D eigenvalue weighted by Gasteiger charge is -2.28. The summed E-state index contributed by atoms with van der Waals surface area (Å²) in [6.45, 7) is 4.48. The standard InChI is InChI=1S/C26H40O2Si/c1-3-4-5-6-7-8-9-10-11-12-19-24-29(2,27-25-20-15-13-16-21-25)28-26-22-17-14-18-23-26/h13-18,20-23H,3-12,19,24H2,1-2H3. The van der Waals surface area contributed by atoms with E-state index in [0.29, 0.717) is 0 Å². The third kappa shape index (κ3) is 10.6. The number of unbranched alkanes of at least 4 members (excludes halogenated alkanes) is 10. The predicted octanol–water partition coefficient (Wildman–Crippen LogP) is 8.53. The van der Waals surface area contributed by atoms with Crippen molar-refractivity contribution >= 4 is 8.56 Å². The molecule has 29 heavy (non-hydrogen) atoms. The van der Waals surface area contributed by atoms with Crippen molar-refractivity contribution in [3.05, 3.63) is 60.7 Å². The second-order valence-corrected chi connectivity index (χ2v) is 11.4. The molecule has 0 amide bonds. The molecule has 0 N–H and O–H groups in total. The van der Waals surface area contributed by atoms with Gasteiger partial charge in [0.25, 0.3) is 0 Å². The van der Waals surface area contributed by atoms with Crippen molar-refractivity contribution in [2.45, 2.75) is 90.1 Å². The van der Waals surface area contributed by atoms with Crippen LogP contribution in [-0.4, -0.2) is 8.56 Å². The molecule has 3 heteroatoms. The van der Waals surface area contributed by atoms with Gasteiger partial charge < -0.3 is 8.85 Å². The van der Waals surface area contributed by atoms with Gasteiger partial charge in [-0.1, -0.05) is 108 Å². The number of hydrogen-bond acceptors (Lipinski definition) is 2. The summed E-state index contributed by atoms with van der Waals surface area (Å²) in [7, 11) is -2.33. The summed E-state index contributed by atoms with van der Waals surface area (Å²) < 4.78 is 12.8. The van der Waals surface area contributed by atoms with Crippen molar-refractivity contribution in [3.8, 4) is 11.5 Å². The summed E-state index contributed by atoms with van der Waals surface area (Å²) in [5.74, 6) is 1.83. The van der Waals surface area contributed by atoms with Crippen molar-refractivity contribution in [2.75, 3.05) is 0 Å². The monoisotopic (exact) mass is 412 g/mol. The highest BCUT2D eigenvalue weighted by Gasteiger charge is 2.35. The van der Waals surface area contributed by atoms with Gasteiger partial charge in [-0.15, -0.1) is 0 Å². The lowest BCUT2D eigenvalue weighted by molar-refractivity contribution is 0.384. The highest BCUT2D eigenvalue weighted by molar-refractivity contribution is 6.67. The SMILES string of the molecule is CCCCCCCCCCCCC[Si](C)(Oc1ccccc1)Oc1ccccc1. The zero-order chi connectivity index (χ0) is 20.6. The van der Waals surface area contributed by atoms with Crippen LogP contribution in [0.4, 0.5) is 0 Å². The highest BCUT2D eigenvalue weighted by atomic mass is 28.4. The molecule has 0 atom stereocenters. The average Bonchev–Trinajstić information content (AvgIpc) is 2.73. The van der Waals surface area contributed by atoms with Crippen LogP contribution in [0.2, 0.25) is 12.6 Å². The molecule has 2 aromatic rings. The van der Waals surface area contributed by atoms with Gasteiger partial charge in [0.05, 0.1) is 0 Å². The van der Waals surface area contributed by atoms with Gasteiger partial charge in [-0.2, -0.15) is 0 Å². The van der Waals surface area contributed by atoms with Crippen LogP contribution in [0.15, 0.2) is 60.7 Å². The molecule has 2 aromatic carbocycles. The minimum absolute atomic E-state index is 0.917. The van der Waals surface area contributed by atoms with E-state index in [4.69, 9.17) is 8.85 Å². The van der Waals surface area contributed by atoms with Gasteiger partial charge >= 0.3 is 8.56 Å². The first-order valence-corrected chi connectivity index (χ1v) is 14.2. The maximum absolute atomic E-state index is 6.41. The minimum atomic E-state index is -2.33. The molecule has 0 spiro atoms. The van der Waals surface area contributed by atoms with E-state index >= 15 is 0 Å². The van der Waals surface area contributed by atoms with Gasteiger partial charge in [0.15, 0.2) is 0 Å². The van der Waals surface area contributed by atoms with Crippen LogP contribution in [-0.2, 0) is 0 Å². The normalized spacial score (nSPS) is 11.4. The van der Waals surface area contributed by atoms with Crippen LogP contribution in [0, 0.1) is 0 Å². The first kappa shape index (κ1) is 23.5. The van der Waals surface area contributed by atoms with Crippen LogP contribution >= 0.6 is 0 Å². The van der Waals surface area contributed by atoms with Gasteiger partial charge in [-0.05, 0) is 30.7 Å². The fourth-order valence-corrected chi connectivity index (χ4v) is 6.12. The Morgan fingerprint density at radius 2 is 0.931 bits per heavy atom. The fraction of sp³-hybridized carbons (Fsp3) is 0.538. The van der Waals surface area contributed by atoms with Crippen LogP contribution in [0.1, 0.15) is 77.6 Å². The third-order valence-corrected chi connectivity index (χ3v) is 7.99. The Kier molecular flexibility index (Phi) is 11.6. The van der Waals surface area contributed by atoms with Gasteiger partial charge in [0.1, 0.15) is 11.5 Å². The Morgan fingerprint density at radius 1 is 0.552 bits per heavy atom. The van der Waals surface area contributed by atoms with E-state index in [1.165, 1.54) is 70.6 Å². The molecule has 0 bridgehead atoms. The number of rotatable bonds is 16. The molecule has 0 heterocycles. The van der Waals surface area contributed by atoms with E-state index in [-0.39, 0.29) is 0 Å². The Labute approximate surface area is 179 Å². The summed E-state index contributed by atoms with van der Waals surface area (Å²) in [4.78, 5) is 0. The lowest BCUT2D eigenvalue weighted by Crippen LogP contribution is -2.45. The molecular formula is C26H40O2Si. The van der Waals surface area contributed by atoms with Crippen molar-refractivity contribution < 1.29 is 8.85 Å². The van der Waals surface area contributed by atoms with Crippen molar-refractivity contribution in [1.29, 1.82) is 0 Å². The van der Waals surface area contributed by atoms with Crippen LogP contribution in [0.25, 0.3) is 0 Å². The van der Waals surface area contributed by atoms with Crippen molar-refractivity contribution in [3.63, 3.8) is 0 Å². The van der Waals surface area contributed by atoms with Crippen molar-refractivity contribution in [1.82, 2.24) is 0 Å². The summed E-state index contributed by atoms with van der Waals surface area (Å²) >= 11 is 0. The molecule has 0 fully saturated rings. The van der Waals surface area contributed by atoms with E-state index in [1.54, 1.807) is 0 Å². The Bertz CT molecular complexity index is 588. The molecule has 0 radical (unpaired) electrons. The average molecular weight is 413 g/mol. The molecule has 160 valence electrons. The van der Waals surface area contributed by atoms with E-state index in [1.807, 2.05) is 60.7 Å². The zero-order valence-corrected chi connectivity index (χ0v) is 19.6. The summed E-state index contributed by atoms with van der Waals surface area (Å²) in [5, 5.41) is 0. The minimum Gasteiger partial charge on any atom is -0.512 e. The summed E-state index contributed by atoms with van der Waals surface area (Å²) in [5.41, 5.74) is 0. The summed E-state index contributed by atoms with van der Waals surface area (Å²) in [6, 6.07) is 21.3. The van der Waals surface area contributed by atoms with E-state index in [0.717, 1.165) is 17.5 Å². The molecule has 0 aromatic heterocycles. The topological polar surface area (TPSA) is 18.5 Å². The third-order valence-electron chi connectivity index (χ3n) is 5.39. The number of benzene rings is 2. The maximum Gasteiger partial charge on any atom is 0.457 e. The molecular weight excluding hydrogens is 372 g/mol. The number of hydrogen-bond donors (Lipinski definition) is 0. The lowest BCUT2D eigenvalue weighted by atomic mass is 10.1. The molecule has 0 saturated carbocycles. The molecule has 2 nitrogen and oxygen atoms in total. The smallest absolute Gasteiger partial charge is 0.457 e. The highest BCUT2D eigenvalue weighted by Crippen LogP contribution is 2.25. The molecule has 0 saturated heterocycles. The molecule has 0 unspecified atom stereocenters. The second kappa shape index (κ2) is 14.3. The van der Waals surface area contributed by atoms with Gasteiger partial charge in [-0.25, -0.2) is 0 Å². The van der Waals surface area contributed by atoms with Crippen LogP contribution in [0.3, 0.4) is 0 Å². The van der Waals surface area contributed by atoms with E-state index in [9.17, 15) is 0 Å². The predicted molar refractivity (Wildman–Crippen MR) is 127 cm³/mol. The Balaban J connectivity index is 1.70. The van der Waals surface area contributed by atoms with Gasteiger partial charge in [0.2, 0.25) is 0 Å². The summed E-state index contributed by atoms with van der Waals surface area (Å²) in [6.07, 6.45) is 14.9. The number of para-hydroxylation sites is 2. The maximum atomic E-state index is 6.41. The van der Waals surface area contributed by atoms with Gasteiger partial charge in [-0.3, -0.25) is 0 Å². The Morgan fingerprint density at radius 3 is 1.34 bits per heavy atom. The van der Waals surface area contributed by atoms with Gasteiger partial charge in [0, 0.05) is 12.6 Å². The second-order valence-electron chi connectivity index (χ2n) is 8.25. The van der Waals surface area contributed by atoms with Crippen molar-refractivity contribution in [2.24, 2.45) is 0 Å². The van der Waals surface area contributed by atoms with E-state index in [2.05, 4.69) is 13.5 Å². The molecule has 2 rings (SSSR count). The molecule has 0 aliphatic heterocycles. The van der Waals surface area contributed by atoms with Crippen LogP contribution in [0.5, 0.6) is 11.5 Å². The molecule has 0 aliphatic carbocycles. The Hall–Kier alpha value is -1.74. The fourth-order valence-electron chi connectivity index (χ4n) is 3.71. The first-order valence-electron chi connectivity index (χ1n) is 11.7.